The lowest BCUT2D eigenvalue weighted by Crippen LogP contribution is -2.38. The van der Waals surface area contributed by atoms with Crippen LogP contribution in [0.2, 0.25) is 0 Å². The van der Waals surface area contributed by atoms with Gasteiger partial charge in [0.2, 0.25) is 0 Å². The number of hydrogen-bond donors (Lipinski definition) is 1. The Kier molecular flexibility index (Phi) is 5.11. The highest BCUT2D eigenvalue weighted by Gasteiger charge is 2.24. The van der Waals surface area contributed by atoms with Gasteiger partial charge in [0.05, 0.1) is 19.8 Å². The van der Waals surface area contributed by atoms with E-state index in [-0.39, 0.29) is 11.9 Å². The van der Waals surface area contributed by atoms with E-state index in [0.717, 1.165) is 19.6 Å². The van der Waals surface area contributed by atoms with E-state index in [1.807, 2.05) is 13.1 Å². The van der Waals surface area contributed by atoms with Crippen molar-refractivity contribution in [1.82, 2.24) is 5.32 Å². The summed E-state index contributed by atoms with van der Waals surface area (Å²) >= 11 is 0. The molecule has 0 amide bonds. The van der Waals surface area contributed by atoms with Gasteiger partial charge in [0.1, 0.15) is 5.82 Å². The average molecular weight is 253 g/mol. The van der Waals surface area contributed by atoms with Crippen LogP contribution in [0, 0.1) is 11.7 Å². The number of nitrogens with one attached hydrogen (secondary N) is 1. The Labute approximate surface area is 107 Å². The maximum absolute atomic E-state index is 13.4. The maximum atomic E-state index is 13.4. The second-order valence-electron chi connectivity index (χ2n) is 4.63. The molecule has 18 heavy (non-hydrogen) atoms. The minimum Gasteiger partial charge on any atom is -0.381 e. The fourth-order valence-corrected chi connectivity index (χ4v) is 2.24. The van der Waals surface area contributed by atoms with Crippen LogP contribution in [0.5, 0.6) is 0 Å². The minimum absolute atomic E-state index is 0.206. The number of likely N-dealkylation sites (N-methyl/N-ethyl adjacent to an activating group) is 1. The molecule has 0 spiro atoms. The quantitative estimate of drug-likeness (QED) is 0.840. The number of hydrogen-bond acceptors (Lipinski definition) is 3. The topological polar surface area (TPSA) is 30.5 Å². The Morgan fingerprint density at radius 3 is 3.00 bits per heavy atom. The van der Waals surface area contributed by atoms with Crippen LogP contribution >= 0.6 is 0 Å². The van der Waals surface area contributed by atoms with Gasteiger partial charge in [-0.1, -0.05) is 18.2 Å². The smallest absolute Gasteiger partial charge is 0.128 e. The molecule has 1 aromatic carbocycles. The fourth-order valence-electron chi connectivity index (χ4n) is 2.24. The molecule has 1 aromatic rings. The second kappa shape index (κ2) is 6.83. The molecule has 1 heterocycles. The monoisotopic (exact) mass is 253 g/mol. The Hall–Kier alpha value is -0.970. The van der Waals surface area contributed by atoms with Crippen LogP contribution in [0.15, 0.2) is 24.3 Å². The summed E-state index contributed by atoms with van der Waals surface area (Å²) in [5.41, 5.74) is 0.607. The number of ether oxygens (including phenoxy) is 2. The van der Waals surface area contributed by atoms with Crippen molar-refractivity contribution < 1.29 is 13.9 Å². The lowest BCUT2D eigenvalue weighted by atomic mass is 10.00. The molecule has 1 aliphatic heterocycles. The summed E-state index contributed by atoms with van der Waals surface area (Å²) in [6, 6.07) is 6.99. The molecule has 2 unspecified atom stereocenters. The predicted octanol–water partition coefficient (Wildman–Crippen LogP) is 1.97. The molecular formula is C14H20FNO2. The molecule has 3 nitrogen and oxygen atoms in total. The van der Waals surface area contributed by atoms with E-state index in [1.54, 1.807) is 12.1 Å². The first-order chi connectivity index (χ1) is 8.81. The lowest BCUT2D eigenvalue weighted by Gasteiger charge is -2.21. The molecule has 0 aromatic heterocycles. The highest BCUT2D eigenvalue weighted by atomic mass is 19.1. The van der Waals surface area contributed by atoms with Crippen LogP contribution in [0.1, 0.15) is 12.0 Å². The third-order valence-corrected chi connectivity index (χ3v) is 3.42. The van der Waals surface area contributed by atoms with E-state index in [0.29, 0.717) is 24.7 Å². The highest BCUT2D eigenvalue weighted by Crippen LogP contribution is 2.17. The molecule has 4 heteroatoms. The van der Waals surface area contributed by atoms with Gasteiger partial charge in [-0.15, -0.1) is 0 Å². The van der Waals surface area contributed by atoms with Gasteiger partial charge in [0, 0.05) is 24.1 Å². The normalized spacial score (nSPS) is 21.1. The molecule has 0 saturated carbocycles. The summed E-state index contributed by atoms with van der Waals surface area (Å²) in [7, 11) is 1.93. The second-order valence-corrected chi connectivity index (χ2v) is 4.63. The number of benzene rings is 1. The Balaban J connectivity index is 1.78. The Morgan fingerprint density at radius 2 is 2.33 bits per heavy atom. The molecule has 2 atom stereocenters. The van der Waals surface area contributed by atoms with Crippen LogP contribution in [-0.2, 0) is 16.1 Å². The van der Waals surface area contributed by atoms with Gasteiger partial charge in [-0.2, -0.15) is 0 Å². The van der Waals surface area contributed by atoms with Crippen LogP contribution in [-0.4, -0.2) is 32.9 Å². The summed E-state index contributed by atoms with van der Waals surface area (Å²) in [6.45, 7) is 2.52. The zero-order valence-electron chi connectivity index (χ0n) is 10.7. The van der Waals surface area contributed by atoms with Gasteiger partial charge in [0.25, 0.3) is 0 Å². The Morgan fingerprint density at radius 1 is 1.50 bits per heavy atom. The van der Waals surface area contributed by atoms with Crippen molar-refractivity contribution in [3.05, 3.63) is 35.6 Å². The lowest BCUT2D eigenvalue weighted by molar-refractivity contribution is 0.0777. The van der Waals surface area contributed by atoms with Crippen LogP contribution < -0.4 is 5.32 Å². The SMILES string of the molecule is CNC(COCc1ccccc1F)C1CCOC1. The molecule has 2 rings (SSSR count). The van der Waals surface area contributed by atoms with Crippen molar-refractivity contribution in [3.8, 4) is 0 Å². The first-order valence-corrected chi connectivity index (χ1v) is 6.37. The van der Waals surface area contributed by atoms with Gasteiger partial charge in [-0.05, 0) is 19.5 Å². The largest absolute Gasteiger partial charge is 0.381 e. The summed E-state index contributed by atoms with van der Waals surface area (Å²) in [4.78, 5) is 0. The number of rotatable bonds is 6. The van der Waals surface area contributed by atoms with E-state index in [2.05, 4.69) is 5.32 Å². The van der Waals surface area contributed by atoms with Gasteiger partial charge in [0.15, 0.2) is 0 Å². The Bertz CT molecular complexity index is 367. The van der Waals surface area contributed by atoms with Gasteiger partial charge < -0.3 is 14.8 Å². The van der Waals surface area contributed by atoms with Gasteiger partial charge in [-0.25, -0.2) is 4.39 Å². The van der Waals surface area contributed by atoms with Crippen molar-refractivity contribution in [3.63, 3.8) is 0 Å². The minimum atomic E-state index is -0.206. The van der Waals surface area contributed by atoms with Crippen molar-refractivity contribution in [2.24, 2.45) is 5.92 Å². The van der Waals surface area contributed by atoms with Gasteiger partial charge >= 0.3 is 0 Å². The molecule has 0 bridgehead atoms. The number of halogens is 1. The molecule has 0 aliphatic carbocycles. The van der Waals surface area contributed by atoms with Crippen LogP contribution in [0.4, 0.5) is 4.39 Å². The third-order valence-electron chi connectivity index (χ3n) is 3.42. The van der Waals surface area contributed by atoms with Crippen molar-refractivity contribution in [2.75, 3.05) is 26.9 Å². The summed E-state index contributed by atoms with van der Waals surface area (Å²) in [5, 5.41) is 3.25. The molecule has 1 saturated heterocycles. The van der Waals surface area contributed by atoms with E-state index < -0.39 is 0 Å². The maximum Gasteiger partial charge on any atom is 0.128 e. The molecule has 100 valence electrons. The van der Waals surface area contributed by atoms with E-state index in [4.69, 9.17) is 9.47 Å². The zero-order chi connectivity index (χ0) is 12.8. The summed E-state index contributed by atoms with van der Waals surface area (Å²) in [6.07, 6.45) is 1.06. The molecule has 0 radical (unpaired) electrons. The predicted molar refractivity (Wildman–Crippen MR) is 67.8 cm³/mol. The van der Waals surface area contributed by atoms with Crippen molar-refractivity contribution in [1.29, 1.82) is 0 Å². The van der Waals surface area contributed by atoms with Gasteiger partial charge in [-0.3, -0.25) is 0 Å². The summed E-state index contributed by atoms with van der Waals surface area (Å²) < 4.78 is 24.4. The highest BCUT2D eigenvalue weighted by molar-refractivity contribution is 5.16. The first-order valence-electron chi connectivity index (χ1n) is 6.37. The standard InChI is InChI=1S/C14H20FNO2/c1-16-14(12-6-7-17-9-12)10-18-8-11-4-2-3-5-13(11)15/h2-5,12,14,16H,6-10H2,1H3. The fraction of sp³-hybridized carbons (Fsp3) is 0.571. The third kappa shape index (κ3) is 3.51. The van der Waals surface area contributed by atoms with E-state index in [9.17, 15) is 4.39 Å². The van der Waals surface area contributed by atoms with Crippen LogP contribution in [0.25, 0.3) is 0 Å². The van der Waals surface area contributed by atoms with E-state index >= 15 is 0 Å². The zero-order valence-corrected chi connectivity index (χ0v) is 10.7. The molecule has 1 aliphatic rings. The first kappa shape index (κ1) is 13.5. The molecular weight excluding hydrogens is 233 g/mol. The van der Waals surface area contributed by atoms with Crippen molar-refractivity contribution in [2.45, 2.75) is 19.1 Å². The van der Waals surface area contributed by atoms with E-state index in [1.165, 1.54) is 6.07 Å². The van der Waals surface area contributed by atoms with Crippen molar-refractivity contribution >= 4 is 0 Å². The summed E-state index contributed by atoms with van der Waals surface area (Å²) in [5.74, 6) is 0.290. The molecule has 1 N–H and O–H groups in total. The molecule has 1 fully saturated rings. The van der Waals surface area contributed by atoms with Crippen LogP contribution in [0.3, 0.4) is 0 Å². The average Bonchev–Trinajstić information content (AvgIpc) is 2.90.